The van der Waals surface area contributed by atoms with Crippen molar-refractivity contribution in [3.63, 3.8) is 0 Å². The molecule has 0 atom stereocenters. The van der Waals surface area contributed by atoms with E-state index in [4.69, 9.17) is 5.73 Å². The number of nitrogens with two attached hydrogens (primary N) is 1. The van der Waals surface area contributed by atoms with Gasteiger partial charge in [0.05, 0.1) is 5.54 Å². The Kier molecular flexibility index (Phi) is 3.73. The predicted molar refractivity (Wildman–Crippen MR) is 84.4 cm³/mol. The quantitative estimate of drug-likeness (QED) is 0.811. The fourth-order valence-electron chi connectivity index (χ4n) is 2.48. The smallest absolute Gasteiger partial charge is 0.319 e. The molecule has 3 amide bonds. The molecule has 6 heteroatoms. The number of anilines is 1. The Bertz CT molecular complexity index is 737. The minimum atomic E-state index is -0.519. The standard InChI is InChI=1S/C17H16FN3O2/c18-13-5-3-12(4-6-13)17(9-10-17)21-16(23)20-14-7-1-11(2-8-14)15(19)22/h1-8H,9-10H2,(H2,19,22)(H2,20,21,23). The summed E-state index contributed by atoms with van der Waals surface area (Å²) in [5.41, 5.74) is 6.56. The van der Waals surface area contributed by atoms with Crippen LogP contribution in [-0.4, -0.2) is 11.9 Å². The van der Waals surface area contributed by atoms with E-state index in [9.17, 15) is 14.0 Å². The molecule has 1 saturated carbocycles. The Morgan fingerprint density at radius 1 is 1.00 bits per heavy atom. The number of rotatable bonds is 4. The van der Waals surface area contributed by atoms with Crippen molar-refractivity contribution in [1.82, 2.24) is 5.32 Å². The van der Waals surface area contributed by atoms with Crippen molar-refractivity contribution >= 4 is 17.6 Å². The first-order valence-electron chi connectivity index (χ1n) is 7.24. The van der Waals surface area contributed by atoms with E-state index in [1.54, 1.807) is 36.4 Å². The molecule has 118 valence electrons. The van der Waals surface area contributed by atoms with Crippen LogP contribution in [0.4, 0.5) is 14.9 Å². The lowest BCUT2D eigenvalue weighted by Crippen LogP contribution is -2.38. The predicted octanol–water partition coefficient (Wildman–Crippen LogP) is 2.74. The number of urea groups is 1. The lowest BCUT2D eigenvalue weighted by Gasteiger charge is -2.18. The van der Waals surface area contributed by atoms with Gasteiger partial charge in [-0.1, -0.05) is 12.1 Å². The van der Waals surface area contributed by atoms with Gasteiger partial charge in [0.1, 0.15) is 5.82 Å². The highest BCUT2D eigenvalue weighted by molar-refractivity contribution is 5.94. The Hall–Kier alpha value is -2.89. The summed E-state index contributed by atoms with van der Waals surface area (Å²) in [7, 11) is 0. The van der Waals surface area contributed by atoms with Crippen molar-refractivity contribution in [3.8, 4) is 0 Å². The second-order valence-corrected chi connectivity index (χ2v) is 5.61. The number of primary amides is 1. The molecule has 2 aromatic carbocycles. The van der Waals surface area contributed by atoms with Gasteiger partial charge in [-0.05, 0) is 54.8 Å². The highest BCUT2D eigenvalue weighted by atomic mass is 19.1. The summed E-state index contributed by atoms with van der Waals surface area (Å²) in [6.45, 7) is 0. The molecule has 1 aliphatic rings. The number of hydrogen-bond donors (Lipinski definition) is 3. The molecule has 4 N–H and O–H groups in total. The number of amides is 3. The van der Waals surface area contributed by atoms with Crippen molar-refractivity contribution in [2.45, 2.75) is 18.4 Å². The zero-order valence-corrected chi connectivity index (χ0v) is 12.3. The van der Waals surface area contributed by atoms with Crippen LogP contribution in [0, 0.1) is 5.82 Å². The summed E-state index contributed by atoms with van der Waals surface area (Å²) >= 11 is 0. The van der Waals surface area contributed by atoms with Crippen molar-refractivity contribution in [3.05, 3.63) is 65.5 Å². The zero-order chi connectivity index (χ0) is 16.4. The van der Waals surface area contributed by atoms with Crippen LogP contribution in [0.2, 0.25) is 0 Å². The number of carbonyl (C=O) groups is 2. The lowest BCUT2D eigenvalue weighted by atomic mass is 10.1. The first kappa shape index (κ1) is 15.0. The minimum absolute atomic E-state index is 0.302. The monoisotopic (exact) mass is 313 g/mol. The van der Waals surface area contributed by atoms with Gasteiger partial charge in [0.2, 0.25) is 5.91 Å². The van der Waals surface area contributed by atoms with Crippen molar-refractivity contribution in [2.75, 3.05) is 5.32 Å². The van der Waals surface area contributed by atoms with Crippen LogP contribution in [-0.2, 0) is 5.54 Å². The second kappa shape index (κ2) is 5.72. The molecule has 2 aromatic rings. The van der Waals surface area contributed by atoms with Gasteiger partial charge in [0.15, 0.2) is 0 Å². The van der Waals surface area contributed by atoms with Gasteiger partial charge in [-0.25, -0.2) is 9.18 Å². The maximum atomic E-state index is 13.0. The maximum absolute atomic E-state index is 13.0. The Morgan fingerprint density at radius 3 is 2.13 bits per heavy atom. The average molecular weight is 313 g/mol. The molecule has 0 radical (unpaired) electrons. The summed E-state index contributed by atoms with van der Waals surface area (Å²) in [5.74, 6) is -0.821. The van der Waals surface area contributed by atoms with Crippen LogP contribution < -0.4 is 16.4 Å². The van der Waals surface area contributed by atoms with Crippen LogP contribution >= 0.6 is 0 Å². The number of hydrogen-bond acceptors (Lipinski definition) is 2. The second-order valence-electron chi connectivity index (χ2n) is 5.61. The number of carbonyl (C=O) groups excluding carboxylic acids is 2. The Morgan fingerprint density at radius 2 is 1.61 bits per heavy atom. The zero-order valence-electron chi connectivity index (χ0n) is 12.3. The van der Waals surface area contributed by atoms with Gasteiger partial charge in [-0.3, -0.25) is 4.79 Å². The van der Waals surface area contributed by atoms with Crippen LogP contribution in [0.3, 0.4) is 0 Å². The summed E-state index contributed by atoms with van der Waals surface area (Å²) in [6.07, 6.45) is 1.62. The third-order valence-corrected chi connectivity index (χ3v) is 3.93. The number of halogens is 1. The molecule has 5 nitrogen and oxygen atoms in total. The molecule has 23 heavy (non-hydrogen) atoms. The first-order chi connectivity index (χ1) is 11.0. The van der Waals surface area contributed by atoms with Crippen molar-refractivity contribution in [2.24, 2.45) is 5.73 Å². The van der Waals surface area contributed by atoms with Gasteiger partial charge in [-0.2, -0.15) is 0 Å². The molecule has 3 rings (SSSR count). The van der Waals surface area contributed by atoms with Crippen LogP contribution in [0.15, 0.2) is 48.5 Å². The largest absolute Gasteiger partial charge is 0.366 e. The van der Waals surface area contributed by atoms with E-state index < -0.39 is 11.4 Å². The Balaban J connectivity index is 1.65. The van der Waals surface area contributed by atoms with E-state index in [1.165, 1.54) is 12.1 Å². The third-order valence-electron chi connectivity index (χ3n) is 3.93. The maximum Gasteiger partial charge on any atom is 0.319 e. The van der Waals surface area contributed by atoms with E-state index in [0.29, 0.717) is 11.3 Å². The number of nitrogens with one attached hydrogen (secondary N) is 2. The van der Waals surface area contributed by atoms with Gasteiger partial charge in [-0.15, -0.1) is 0 Å². The van der Waals surface area contributed by atoms with Crippen molar-refractivity contribution in [1.29, 1.82) is 0 Å². The molecule has 0 aliphatic heterocycles. The topological polar surface area (TPSA) is 84.2 Å². The van der Waals surface area contributed by atoms with E-state index in [0.717, 1.165) is 18.4 Å². The molecule has 1 fully saturated rings. The molecular weight excluding hydrogens is 297 g/mol. The fraction of sp³-hybridized carbons (Fsp3) is 0.176. The van der Waals surface area contributed by atoms with Gasteiger partial charge in [0, 0.05) is 11.3 Å². The molecule has 0 bridgehead atoms. The highest BCUT2D eigenvalue weighted by Gasteiger charge is 2.45. The average Bonchev–Trinajstić information content (AvgIpc) is 3.29. The number of benzene rings is 2. The lowest BCUT2D eigenvalue weighted by molar-refractivity contribution is 0.100. The molecule has 0 unspecified atom stereocenters. The van der Waals surface area contributed by atoms with Crippen LogP contribution in [0.25, 0.3) is 0 Å². The normalized spacial score (nSPS) is 14.8. The third kappa shape index (κ3) is 3.31. The van der Waals surface area contributed by atoms with Gasteiger partial charge >= 0.3 is 6.03 Å². The Labute approximate surface area is 132 Å². The molecule has 0 saturated heterocycles. The molecule has 0 heterocycles. The minimum Gasteiger partial charge on any atom is -0.366 e. The van der Waals surface area contributed by atoms with Gasteiger partial charge in [0.25, 0.3) is 0 Å². The van der Waals surface area contributed by atoms with E-state index in [-0.39, 0.29) is 11.8 Å². The van der Waals surface area contributed by atoms with Crippen molar-refractivity contribution < 1.29 is 14.0 Å². The molecule has 0 aromatic heterocycles. The molecule has 1 aliphatic carbocycles. The van der Waals surface area contributed by atoms with E-state index in [1.807, 2.05) is 0 Å². The summed E-state index contributed by atoms with van der Waals surface area (Å²) < 4.78 is 13.0. The summed E-state index contributed by atoms with van der Waals surface area (Å²) in [5, 5.41) is 5.63. The highest BCUT2D eigenvalue weighted by Crippen LogP contribution is 2.45. The van der Waals surface area contributed by atoms with E-state index >= 15 is 0 Å². The summed E-state index contributed by atoms with van der Waals surface area (Å²) in [6, 6.07) is 12.1. The SMILES string of the molecule is NC(=O)c1ccc(NC(=O)NC2(c3ccc(F)cc3)CC2)cc1. The summed E-state index contributed by atoms with van der Waals surface area (Å²) in [4.78, 5) is 23.1. The fourth-order valence-corrected chi connectivity index (χ4v) is 2.48. The first-order valence-corrected chi connectivity index (χ1v) is 7.24. The van der Waals surface area contributed by atoms with Crippen LogP contribution in [0.1, 0.15) is 28.8 Å². The van der Waals surface area contributed by atoms with E-state index in [2.05, 4.69) is 10.6 Å². The van der Waals surface area contributed by atoms with Crippen LogP contribution in [0.5, 0.6) is 0 Å². The van der Waals surface area contributed by atoms with Gasteiger partial charge < -0.3 is 16.4 Å². The molecule has 0 spiro atoms. The molecular formula is C17H16FN3O2.